The van der Waals surface area contributed by atoms with Crippen LogP contribution in [0.4, 0.5) is 0 Å². The van der Waals surface area contributed by atoms with Crippen molar-refractivity contribution in [3.63, 3.8) is 0 Å². The average molecular weight is 351 g/mol. The Balaban J connectivity index is 1.50. The Morgan fingerprint density at radius 3 is 2.67 bits per heavy atom. The fraction of sp³-hybridized carbons (Fsp3) is 0.0556. The molecule has 1 aromatic carbocycles. The highest BCUT2D eigenvalue weighted by Gasteiger charge is 2.13. The molecule has 4 nitrogen and oxygen atoms in total. The summed E-state index contributed by atoms with van der Waals surface area (Å²) in [6.07, 6.45) is 3.44. The van der Waals surface area contributed by atoms with Crippen LogP contribution in [0.1, 0.15) is 15.2 Å². The number of thiazole rings is 1. The molecule has 24 heavy (non-hydrogen) atoms. The van der Waals surface area contributed by atoms with Gasteiger partial charge in [-0.2, -0.15) is 0 Å². The third-order valence-electron chi connectivity index (χ3n) is 3.54. The molecule has 1 N–H and O–H groups in total. The summed E-state index contributed by atoms with van der Waals surface area (Å²) in [6.45, 7) is 0.496. The molecule has 0 aliphatic heterocycles. The Morgan fingerprint density at radius 2 is 1.83 bits per heavy atom. The molecule has 0 aliphatic carbocycles. The number of nitrogens with zero attached hydrogens (tertiary/aromatic N) is 2. The molecule has 0 atom stereocenters. The summed E-state index contributed by atoms with van der Waals surface area (Å²) in [4.78, 5) is 22.6. The zero-order valence-electron chi connectivity index (χ0n) is 12.6. The topological polar surface area (TPSA) is 54.9 Å². The number of nitrogens with one attached hydrogen (secondary N) is 1. The highest BCUT2D eigenvalue weighted by molar-refractivity contribution is 7.26. The van der Waals surface area contributed by atoms with Crippen molar-refractivity contribution >= 4 is 38.8 Å². The third kappa shape index (κ3) is 3.06. The van der Waals surface area contributed by atoms with E-state index in [0.29, 0.717) is 11.4 Å². The molecule has 3 heterocycles. The Morgan fingerprint density at radius 1 is 1.00 bits per heavy atom. The van der Waals surface area contributed by atoms with Crippen LogP contribution in [0.5, 0.6) is 0 Å². The van der Waals surface area contributed by atoms with Gasteiger partial charge in [0.25, 0.3) is 5.91 Å². The number of thiophene rings is 1. The number of para-hydroxylation sites is 1. The largest absolute Gasteiger partial charge is 0.347 e. The molecule has 0 fully saturated rings. The maximum atomic E-state index is 12.3. The van der Waals surface area contributed by atoms with E-state index >= 15 is 0 Å². The van der Waals surface area contributed by atoms with Gasteiger partial charge in [-0.1, -0.05) is 12.1 Å². The fourth-order valence-corrected chi connectivity index (χ4v) is 4.27. The molecular formula is C18H13N3OS2. The molecule has 4 aromatic rings. The van der Waals surface area contributed by atoms with Crippen LogP contribution in [0.2, 0.25) is 0 Å². The second-order valence-electron chi connectivity index (χ2n) is 5.19. The summed E-state index contributed by atoms with van der Waals surface area (Å²) >= 11 is 3.11. The first-order valence-corrected chi connectivity index (χ1v) is 9.06. The Hall–Kier alpha value is -2.57. The van der Waals surface area contributed by atoms with E-state index in [1.54, 1.807) is 23.7 Å². The minimum Gasteiger partial charge on any atom is -0.347 e. The van der Waals surface area contributed by atoms with Crippen molar-refractivity contribution in [3.8, 4) is 9.88 Å². The number of aromatic nitrogens is 2. The van der Waals surface area contributed by atoms with Crippen LogP contribution in [-0.2, 0) is 6.54 Å². The monoisotopic (exact) mass is 351 g/mol. The second-order valence-corrected chi connectivity index (χ2v) is 7.30. The number of hydrogen-bond acceptors (Lipinski definition) is 5. The molecule has 0 spiro atoms. The first-order valence-electron chi connectivity index (χ1n) is 7.42. The van der Waals surface area contributed by atoms with Gasteiger partial charge in [-0.05, 0) is 42.0 Å². The summed E-state index contributed by atoms with van der Waals surface area (Å²) in [5.41, 5.74) is 2.02. The summed E-state index contributed by atoms with van der Waals surface area (Å²) in [6, 6.07) is 15.7. The Kier molecular flexibility index (Phi) is 4.06. The van der Waals surface area contributed by atoms with Crippen molar-refractivity contribution in [2.45, 2.75) is 6.54 Å². The van der Waals surface area contributed by atoms with Crippen molar-refractivity contribution in [2.24, 2.45) is 0 Å². The van der Waals surface area contributed by atoms with Crippen molar-refractivity contribution < 1.29 is 4.79 Å². The Bertz CT molecular complexity index is 959. The van der Waals surface area contributed by atoms with Gasteiger partial charge in [-0.25, -0.2) is 4.98 Å². The van der Waals surface area contributed by atoms with Gasteiger partial charge in [-0.15, -0.1) is 22.7 Å². The molecule has 0 saturated carbocycles. The maximum Gasteiger partial charge on any atom is 0.261 e. The SMILES string of the molecule is O=C(NCc1ccncc1)c1ccc(-c2nc3ccccc3s2)s1. The number of amides is 1. The summed E-state index contributed by atoms with van der Waals surface area (Å²) < 4.78 is 1.16. The standard InChI is InChI=1S/C18H13N3OS2/c22-17(20-11-12-7-9-19-10-8-12)15-5-6-16(23-15)18-21-13-3-1-2-4-14(13)24-18/h1-10H,11H2,(H,20,22). The van der Waals surface area contributed by atoms with E-state index in [1.807, 2.05) is 42.5 Å². The van der Waals surface area contributed by atoms with E-state index in [9.17, 15) is 4.79 Å². The van der Waals surface area contributed by atoms with Crippen molar-refractivity contribution in [3.05, 3.63) is 71.4 Å². The molecule has 1 amide bonds. The van der Waals surface area contributed by atoms with Gasteiger partial charge >= 0.3 is 0 Å². The van der Waals surface area contributed by atoms with Crippen molar-refractivity contribution in [1.29, 1.82) is 0 Å². The van der Waals surface area contributed by atoms with Crippen LogP contribution in [0, 0.1) is 0 Å². The number of carbonyl (C=O) groups excluding carboxylic acids is 1. The maximum absolute atomic E-state index is 12.3. The average Bonchev–Trinajstić information content (AvgIpc) is 3.27. The summed E-state index contributed by atoms with van der Waals surface area (Å²) in [5, 5.41) is 3.89. The number of carbonyl (C=O) groups is 1. The number of rotatable bonds is 4. The van der Waals surface area contributed by atoms with Gasteiger partial charge in [-0.3, -0.25) is 9.78 Å². The summed E-state index contributed by atoms with van der Waals surface area (Å²) in [7, 11) is 0. The van der Waals surface area contributed by atoms with E-state index in [4.69, 9.17) is 0 Å². The molecule has 0 bridgehead atoms. The second kappa shape index (κ2) is 6.51. The van der Waals surface area contributed by atoms with E-state index in [-0.39, 0.29) is 5.91 Å². The van der Waals surface area contributed by atoms with E-state index < -0.39 is 0 Å². The van der Waals surface area contributed by atoms with Crippen LogP contribution < -0.4 is 5.32 Å². The normalized spacial score (nSPS) is 10.8. The van der Waals surface area contributed by atoms with Gasteiger partial charge in [0.2, 0.25) is 0 Å². The van der Waals surface area contributed by atoms with Crippen molar-refractivity contribution in [1.82, 2.24) is 15.3 Å². The van der Waals surface area contributed by atoms with Gasteiger partial charge < -0.3 is 5.32 Å². The van der Waals surface area contributed by atoms with Gasteiger partial charge in [0.1, 0.15) is 5.01 Å². The quantitative estimate of drug-likeness (QED) is 0.595. The molecule has 0 aliphatic rings. The van der Waals surface area contributed by atoms with Gasteiger partial charge in [0, 0.05) is 18.9 Å². The van der Waals surface area contributed by atoms with E-state index in [1.165, 1.54) is 11.3 Å². The first kappa shape index (κ1) is 15.0. The molecule has 118 valence electrons. The number of hydrogen-bond donors (Lipinski definition) is 1. The minimum absolute atomic E-state index is 0.0656. The third-order valence-corrected chi connectivity index (χ3v) is 5.83. The van der Waals surface area contributed by atoms with E-state index in [2.05, 4.69) is 21.4 Å². The fourth-order valence-electron chi connectivity index (χ4n) is 2.32. The molecule has 3 aromatic heterocycles. The van der Waals surface area contributed by atoms with E-state index in [0.717, 1.165) is 25.7 Å². The van der Waals surface area contributed by atoms with Crippen LogP contribution in [0.3, 0.4) is 0 Å². The lowest BCUT2D eigenvalue weighted by Crippen LogP contribution is -2.21. The molecular weight excluding hydrogens is 338 g/mol. The molecule has 0 saturated heterocycles. The van der Waals surface area contributed by atoms with Crippen LogP contribution >= 0.6 is 22.7 Å². The number of pyridine rings is 1. The zero-order valence-corrected chi connectivity index (χ0v) is 14.2. The molecule has 0 unspecified atom stereocenters. The number of fused-ring (bicyclic) bond motifs is 1. The highest BCUT2D eigenvalue weighted by atomic mass is 32.1. The predicted molar refractivity (Wildman–Crippen MR) is 98.3 cm³/mol. The van der Waals surface area contributed by atoms with Crippen LogP contribution in [0.15, 0.2) is 60.9 Å². The lowest BCUT2D eigenvalue weighted by Gasteiger charge is -2.02. The minimum atomic E-state index is -0.0656. The number of benzene rings is 1. The molecule has 6 heteroatoms. The molecule has 4 rings (SSSR count). The summed E-state index contributed by atoms with van der Waals surface area (Å²) in [5.74, 6) is -0.0656. The first-order chi connectivity index (χ1) is 11.8. The Labute approximate surface area is 146 Å². The van der Waals surface area contributed by atoms with Crippen LogP contribution in [-0.4, -0.2) is 15.9 Å². The van der Waals surface area contributed by atoms with Crippen molar-refractivity contribution in [2.75, 3.05) is 0 Å². The smallest absolute Gasteiger partial charge is 0.261 e. The lowest BCUT2D eigenvalue weighted by molar-refractivity contribution is 0.0955. The molecule has 0 radical (unpaired) electrons. The van der Waals surface area contributed by atoms with Gasteiger partial charge in [0.15, 0.2) is 0 Å². The van der Waals surface area contributed by atoms with Gasteiger partial charge in [0.05, 0.1) is 20.0 Å². The zero-order chi connectivity index (χ0) is 16.4. The predicted octanol–water partition coefficient (Wildman–Crippen LogP) is 4.35. The van der Waals surface area contributed by atoms with Crippen LogP contribution in [0.25, 0.3) is 20.1 Å². The lowest BCUT2D eigenvalue weighted by atomic mass is 10.2. The highest BCUT2D eigenvalue weighted by Crippen LogP contribution is 2.34.